The SMILES string of the molecule is CC(C)(Cc1cccc(F)c1)NC(=O)CCl. The van der Waals surface area contributed by atoms with Gasteiger partial charge in [0.15, 0.2) is 0 Å². The number of carbonyl (C=O) groups is 1. The van der Waals surface area contributed by atoms with Crippen molar-refractivity contribution in [3.8, 4) is 0 Å². The summed E-state index contributed by atoms with van der Waals surface area (Å²) in [5.41, 5.74) is 0.416. The van der Waals surface area contributed by atoms with E-state index in [9.17, 15) is 9.18 Å². The van der Waals surface area contributed by atoms with Crippen LogP contribution in [-0.4, -0.2) is 17.3 Å². The fraction of sp³-hybridized carbons (Fsp3) is 0.417. The predicted molar refractivity (Wildman–Crippen MR) is 63.0 cm³/mol. The number of hydrogen-bond acceptors (Lipinski definition) is 1. The number of hydrogen-bond donors (Lipinski definition) is 1. The van der Waals surface area contributed by atoms with Crippen LogP contribution in [0.1, 0.15) is 19.4 Å². The maximum absolute atomic E-state index is 13.0. The third-order valence-corrected chi connectivity index (χ3v) is 2.38. The summed E-state index contributed by atoms with van der Waals surface area (Å²) in [7, 11) is 0. The van der Waals surface area contributed by atoms with Gasteiger partial charge in [-0.2, -0.15) is 0 Å². The average molecular weight is 244 g/mol. The van der Waals surface area contributed by atoms with E-state index in [0.717, 1.165) is 5.56 Å². The van der Waals surface area contributed by atoms with Crippen LogP contribution in [0.5, 0.6) is 0 Å². The summed E-state index contributed by atoms with van der Waals surface area (Å²) in [6.07, 6.45) is 0.563. The summed E-state index contributed by atoms with van der Waals surface area (Å²) in [5, 5.41) is 2.78. The summed E-state index contributed by atoms with van der Waals surface area (Å²) < 4.78 is 13.0. The van der Waals surface area contributed by atoms with Gasteiger partial charge in [0.1, 0.15) is 11.7 Å². The van der Waals surface area contributed by atoms with Crippen molar-refractivity contribution in [2.45, 2.75) is 25.8 Å². The lowest BCUT2D eigenvalue weighted by atomic mass is 9.95. The zero-order valence-electron chi connectivity index (χ0n) is 9.39. The number of rotatable bonds is 4. The molecule has 1 aromatic carbocycles. The van der Waals surface area contributed by atoms with Gasteiger partial charge in [-0.15, -0.1) is 11.6 Å². The smallest absolute Gasteiger partial charge is 0.235 e. The monoisotopic (exact) mass is 243 g/mol. The minimum absolute atomic E-state index is 0.0629. The van der Waals surface area contributed by atoms with Crippen LogP contribution in [0.3, 0.4) is 0 Å². The van der Waals surface area contributed by atoms with E-state index in [2.05, 4.69) is 5.32 Å². The van der Waals surface area contributed by atoms with E-state index in [0.29, 0.717) is 6.42 Å². The maximum Gasteiger partial charge on any atom is 0.235 e. The zero-order valence-corrected chi connectivity index (χ0v) is 10.1. The largest absolute Gasteiger partial charge is 0.350 e. The molecule has 1 aromatic rings. The summed E-state index contributed by atoms with van der Waals surface area (Å²) >= 11 is 5.41. The highest BCUT2D eigenvalue weighted by Crippen LogP contribution is 2.13. The van der Waals surface area contributed by atoms with E-state index < -0.39 is 5.54 Å². The van der Waals surface area contributed by atoms with Crippen LogP contribution in [0.4, 0.5) is 4.39 Å². The molecule has 0 heterocycles. The van der Waals surface area contributed by atoms with E-state index >= 15 is 0 Å². The standard InChI is InChI=1S/C12H15ClFNO/c1-12(2,15-11(16)8-13)7-9-4-3-5-10(14)6-9/h3-6H,7-8H2,1-2H3,(H,15,16). The van der Waals surface area contributed by atoms with Crippen molar-refractivity contribution < 1.29 is 9.18 Å². The molecule has 1 amide bonds. The van der Waals surface area contributed by atoms with Crippen LogP contribution >= 0.6 is 11.6 Å². The molecular formula is C12H15ClFNO. The van der Waals surface area contributed by atoms with Gasteiger partial charge in [-0.25, -0.2) is 4.39 Å². The van der Waals surface area contributed by atoms with Crippen molar-refractivity contribution in [2.75, 3.05) is 5.88 Å². The molecule has 16 heavy (non-hydrogen) atoms. The van der Waals surface area contributed by atoms with E-state index in [1.807, 2.05) is 19.9 Å². The van der Waals surface area contributed by atoms with E-state index in [1.165, 1.54) is 12.1 Å². The lowest BCUT2D eigenvalue weighted by molar-refractivity contribution is -0.120. The second-order valence-corrected chi connectivity index (χ2v) is 4.64. The lowest BCUT2D eigenvalue weighted by Gasteiger charge is -2.26. The Bertz CT molecular complexity index is 379. The third kappa shape index (κ3) is 4.19. The van der Waals surface area contributed by atoms with Crippen molar-refractivity contribution in [1.29, 1.82) is 0 Å². The van der Waals surface area contributed by atoms with Gasteiger partial charge >= 0.3 is 0 Å². The summed E-state index contributed by atoms with van der Waals surface area (Å²) in [6.45, 7) is 3.75. The number of halogens is 2. The minimum atomic E-state index is -0.431. The number of nitrogens with one attached hydrogen (secondary N) is 1. The van der Waals surface area contributed by atoms with Crippen LogP contribution in [0.15, 0.2) is 24.3 Å². The van der Waals surface area contributed by atoms with Crippen molar-refractivity contribution in [1.82, 2.24) is 5.32 Å². The lowest BCUT2D eigenvalue weighted by Crippen LogP contribution is -2.45. The molecule has 0 saturated heterocycles. The molecule has 0 aliphatic carbocycles. The molecule has 0 unspecified atom stereocenters. The Labute approximate surface area is 99.8 Å². The minimum Gasteiger partial charge on any atom is -0.350 e. The van der Waals surface area contributed by atoms with Crippen LogP contribution in [0.25, 0.3) is 0 Å². The maximum atomic E-state index is 13.0. The van der Waals surface area contributed by atoms with Crippen LogP contribution in [-0.2, 0) is 11.2 Å². The molecule has 0 fully saturated rings. The average Bonchev–Trinajstić information content (AvgIpc) is 2.15. The molecule has 1 rings (SSSR count). The molecular weight excluding hydrogens is 229 g/mol. The first-order chi connectivity index (χ1) is 7.43. The highest BCUT2D eigenvalue weighted by Gasteiger charge is 2.20. The molecule has 0 spiro atoms. The van der Waals surface area contributed by atoms with Gasteiger partial charge < -0.3 is 5.32 Å². The molecule has 0 bridgehead atoms. The van der Waals surface area contributed by atoms with Crippen molar-refractivity contribution in [3.05, 3.63) is 35.6 Å². The Balaban J connectivity index is 2.68. The van der Waals surface area contributed by atoms with E-state index in [-0.39, 0.29) is 17.6 Å². The van der Waals surface area contributed by atoms with E-state index in [1.54, 1.807) is 6.07 Å². The van der Waals surface area contributed by atoms with Crippen LogP contribution in [0.2, 0.25) is 0 Å². The Hall–Kier alpha value is -1.09. The number of amides is 1. The molecule has 0 aliphatic rings. The quantitative estimate of drug-likeness (QED) is 0.809. The number of carbonyl (C=O) groups excluding carboxylic acids is 1. The molecule has 1 N–H and O–H groups in total. The molecule has 0 radical (unpaired) electrons. The fourth-order valence-corrected chi connectivity index (χ4v) is 1.68. The molecule has 0 aliphatic heterocycles. The molecule has 0 atom stereocenters. The molecule has 0 aromatic heterocycles. The van der Waals surface area contributed by atoms with Crippen molar-refractivity contribution in [2.24, 2.45) is 0 Å². The zero-order chi connectivity index (χ0) is 12.2. The highest BCUT2D eigenvalue weighted by molar-refractivity contribution is 6.27. The third-order valence-electron chi connectivity index (χ3n) is 2.13. The van der Waals surface area contributed by atoms with Crippen LogP contribution in [0, 0.1) is 5.82 Å². The second kappa shape index (κ2) is 5.30. The van der Waals surface area contributed by atoms with Crippen LogP contribution < -0.4 is 5.32 Å². The normalized spacial score (nSPS) is 11.2. The molecule has 88 valence electrons. The van der Waals surface area contributed by atoms with Gasteiger partial charge in [0, 0.05) is 5.54 Å². The molecule has 2 nitrogen and oxygen atoms in total. The van der Waals surface area contributed by atoms with Gasteiger partial charge in [-0.05, 0) is 38.0 Å². The second-order valence-electron chi connectivity index (χ2n) is 4.37. The van der Waals surface area contributed by atoms with Gasteiger partial charge in [-0.3, -0.25) is 4.79 Å². The Morgan fingerprint density at radius 3 is 2.75 bits per heavy atom. The summed E-state index contributed by atoms with van der Waals surface area (Å²) in [4.78, 5) is 11.2. The topological polar surface area (TPSA) is 29.1 Å². The number of alkyl halides is 1. The van der Waals surface area contributed by atoms with Crippen molar-refractivity contribution in [3.63, 3.8) is 0 Å². The van der Waals surface area contributed by atoms with Gasteiger partial charge in [-0.1, -0.05) is 12.1 Å². The first-order valence-electron chi connectivity index (χ1n) is 5.04. The Kier molecular flexibility index (Phi) is 4.30. The van der Waals surface area contributed by atoms with Gasteiger partial charge in [0.25, 0.3) is 0 Å². The first kappa shape index (κ1) is 13.0. The number of benzene rings is 1. The Morgan fingerprint density at radius 1 is 1.50 bits per heavy atom. The fourth-order valence-electron chi connectivity index (χ4n) is 1.61. The van der Waals surface area contributed by atoms with Gasteiger partial charge in [0.2, 0.25) is 5.91 Å². The van der Waals surface area contributed by atoms with Crippen molar-refractivity contribution >= 4 is 17.5 Å². The predicted octanol–water partition coefficient (Wildman–Crippen LogP) is 2.50. The first-order valence-corrected chi connectivity index (χ1v) is 5.58. The summed E-state index contributed by atoms with van der Waals surface area (Å²) in [5.74, 6) is -0.549. The van der Waals surface area contributed by atoms with E-state index in [4.69, 9.17) is 11.6 Å². The molecule has 4 heteroatoms. The Morgan fingerprint density at radius 2 is 2.19 bits per heavy atom. The highest BCUT2D eigenvalue weighted by atomic mass is 35.5. The van der Waals surface area contributed by atoms with Gasteiger partial charge in [0.05, 0.1) is 0 Å². The summed E-state index contributed by atoms with van der Waals surface area (Å²) in [6, 6.07) is 6.35. The molecule has 0 saturated carbocycles.